The van der Waals surface area contributed by atoms with Crippen LogP contribution in [0.25, 0.3) is 0 Å². The lowest BCUT2D eigenvalue weighted by Gasteiger charge is -2.29. The molecule has 17 heavy (non-hydrogen) atoms. The molecule has 0 saturated carbocycles. The number of aromatic nitrogens is 3. The van der Waals surface area contributed by atoms with Gasteiger partial charge in [-0.2, -0.15) is 11.8 Å². The Labute approximate surface area is 105 Å². The Hall–Kier alpha value is -1.08. The van der Waals surface area contributed by atoms with Crippen LogP contribution in [0.1, 0.15) is 12.2 Å². The van der Waals surface area contributed by atoms with Crippen molar-refractivity contribution in [1.29, 1.82) is 0 Å². The summed E-state index contributed by atoms with van der Waals surface area (Å²) in [6.07, 6.45) is 4.44. The molecule has 1 atom stereocenters. The Morgan fingerprint density at radius 3 is 3.24 bits per heavy atom. The third-order valence-electron chi connectivity index (χ3n) is 2.90. The molecule has 2 N–H and O–H groups in total. The SMILES string of the molecule is CSCC[C@H](N)C(=O)N1CCn2cnnc2C1. The molecule has 0 aliphatic carbocycles. The minimum absolute atomic E-state index is 0.0216. The minimum Gasteiger partial charge on any atom is -0.332 e. The molecule has 1 aromatic rings. The average Bonchev–Trinajstić information content (AvgIpc) is 2.81. The van der Waals surface area contributed by atoms with Crippen molar-refractivity contribution in [3.8, 4) is 0 Å². The number of hydrogen-bond acceptors (Lipinski definition) is 5. The van der Waals surface area contributed by atoms with Crippen LogP contribution < -0.4 is 5.73 Å². The van der Waals surface area contributed by atoms with Crippen LogP contribution in [0.3, 0.4) is 0 Å². The van der Waals surface area contributed by atoms with Gasteiger partial charge in [-0.3, -0.25) is 4.79 Å². The second-order valence-corrected chi connectivity index (χ2v) is 5.07. The van der Waals surface area contributed by atoms with E-state index in [1.807, 2.05) is 10.8 Å². The minimum atomic E-state index is -0.392. The first-order chi connectivity index (χ1) is 8.22. The lowest BCUT2D eigenvalue weighted by atomic mass is 10.2. The standard InChI is InChI=1S/C10H17N5OS/c1-17-5-2-8(11)10(16)14-3-4-15-7-12-13-9(15)6-14/h7-8H,2-6,11H2,1H3/t8-/m0/s1. The number of amides is 1. The molecule has 6 nitrogen and oxygen atoms in total. The highest BCUT2D eigenvalue weighted by Crippen LogP contribution is 2.11. The summed E-state index contributed by atoms with van der Waals surface area (Å²) in [4.78, 5) is 13.8. The zero-order valence-electron chi connectivity index (χ0n) is 9.87. The van der Waals surface area contributed by atoms with Gasteiger partial charge in [0, 0.05) is 13.1 Å². The van der Waals surface area contributed by atoms with Crippen molar-refractivity contribution >= 4 is 17.7 Å². The van der Waals surface area contributed by atoms with Gasteiger partial charge in [0.2, 0.25) is 5.91 Å². The Kier molecular flexibility index (Phi) is 4.01. The summed E-state index contributed by atoms with van der Waals surface area (Å²) in [5.74, 6) is 1.77. The second kappa shape index (κ2) is 5.50. The smallest absolute Gasteiger partial charge is 0.239 e. The van der Waals surface area contributed by atoms with Crippen LogP contribution in [0.2, 0.25) is 0 Å². The quantitative estimate of drug-likeness (QED) is 0.799. The molecule has 2 rings (SSSR count). The molecule has 0 fully saturated rings. The first-order valence-corrected chi connectivity index (χ1v) is 7.01. The van der Waals surface area contributed by atoms with E-state index in [1.54, 1.807) is 23.0 Å². The normalized spacial score (nSPS) is 16.7. The van der Waals surface area contributed by atoms with Crippen molar-refractivity contribution < 1.29 is 4.79 Å². The molecule has 1 aromatic heterocycles. The van der Waals surface area contributed by atoms with E-state index in [2.05, 4.69) is 10.2 Å². The van der Waals surface area contributed by atoms with Crippen molar-refractivity contribution in [3.05, 3.63) is 12.2 Å². The Morgan fingerprint density at radius 1 is 1.65 bits per heavy atom. The fourth-order valence-electron chi connectivity index (χ4n) is 1.86. The van der Waals surface area contributed by atoms with Gasteiger partial charge in [-0.05, 0) is 18.4 Å². The maximum atomic E-state index is 12.1. The van der Waals surface area contributed by atoms with E-state index in [-0.39, 0.29) is 5.91 Å². The molecular formula is C10H17N5OS. The molecule has 0 aromatic carbocycles. The number of nitrogens with zero attached hydrogens (tertiary/aromatic N) is 4. The van der Waals surface area contributed by atoms with Gasteiger partial charge >= 0.3 is 0 Å². The molecule has 0 saturated heterocycles. The van der Waals surface area contributed by atoms with E-state index < -0.39 is 6.04 Å². The molecule has 0 bridgehead atoms. The fraction of sp³-hybridized carbons (Fsp3) is 0.700. The lowest BCUT2D eigenvalue weighted by Crippen LogP contribution is -2.47. The van der Waals surface area contributed by atoms with E-state index in [4.69, 9.17) is 5.73 Å². The monoisotopic (exact) mass is 255 g/mol. The summed E-state index contributed by atoms with van der Waals surface area (Å²) < 4.78 is 1.97. The molecule has 1 amide bonds. The van der Waals surface area contributed by atoms with Crippen molar-refractivity contribution in [1.82, 2.24) is 19.7 Å². The first-order valence-electron chi connectivity index (χ1n) is 5.62. The predicted octanol–water partition coefficient (Wildman–Crippen LogP) is -0.299. The maximum absolute atomic E-state index is 12.1. The van der Waals surface area contributed by atoms with Gasteiger partial charge in [0.25, 0.3) is 0 Å². The lowest BCUT2D eigenvalue weighted by molar-refractivity contribution is -0.134. The van der Waals surface area contributed by atoms with E-state index in [9.17, 15) is 4.79 Å². The van der Waals surface area contributed by atoms with Crippen molar-refractivity contribution in [2.24, 2.45) is 5.73 Å². The molecule has 0 unspecified atom stereocenters. The number of rotatable bonds is 4. The van der Waals surface area contributed by atoms with Crippen LogP contribution in [0, 0.1) is 0 Å². The van der Waals surface area contributed by atoms with Crippen molar-refractivity contribution in [3.63, 3.8) is 0 Å². The highest BCUT2D eigenvalue weighted by atomic mass is 32.2. The molecule has 1 aliphatic rings. The van der Waals surface area contributed by atoms with E-state index in [0.717, 1.165) is 24.5 Å². The number of hydrogen-bond donors (Lipinski definition) is 1. The summed E-state index contributed by atoms with van der Waals surface area (Å²) in [5, 5.41) is 7.82. The molecule has 1 aliphatic heterocycles. The van der Waals surface area contributed by atoms with Crippen molar-refractivity contribution in [2.45, 2.75) is 25.6 Å². The fourth-order valence-corrected chi connectivity index (χ4v) is 2.35. The predicted molar refractivity (Wildman–Crippen MR) is 66.4 cm³/mol. The molecular weight excluding hydrogens is 238 g/mol. The Morgan fingerprint density at radius 2 is 2.47 bits per heavy atom. The molecule has 0 radical (unpaired) electrons. The largest absolute Gasteiger partial charge is 0.332 e. The van der Waals surface area contributed by atoms with E-state index >= 15 is 0 Å². The van der Waals surface area contributed by atoms with Gasteiger partial charge in [-0.15, -0.1) is 10.2 Å². The number of carbonyl (C=O) groups excluding carboxylic acids is 1. The highest BCUT2D eigenvalue weighted by molar-refractivity contribution is 7.98. The third-order valence-corrected chi connectivity index (χ3v) is 3.54. The first kappa shape index (κ1) is 12.4. The zero-order chi connectivity index (χ0) is 12.3. The Bertz CT molecular complexity index is 394. The Balaban J connectivity index is 1.93. The summed E-state index contributed by atoms with van der Waals surface area (Å²) in [5.41, 5.74) is 5.88. The van der Waals surface area contributed by atoms with Crippen LogP contribution in [-0.2, 0) is 17.9 Å². The maximum Gasteiger partial charge on any atom is 0.239 e. The number of carbonyl (C=O) groups is 1. The van der Waals surface area contributed by atoms with Gasteiger partial charge in [0.05, 0.1) is 12.6 Å². The van der Waals surface area contributed by atoms with Crippen LogP contribution in [0.5, 0.6) is 0 Å². The van der Waals surface area contributed by atoms with Gasteiger partial charge in [-0.25, -0.2) is 0 Å². The number of thioether (sulfide) groups is 1. The van der Waals surface area contributed by atoms with Crippen molar-refractivity contribution in [2.75, 3.05) is 18.6 Å². The van der Waals surface area contributed by atoms with E-state index in [0.29, 0.717) is 13.1 Å². The van der Waals surface area contributed by atoms with Crippen LogP contribution in [-0.4, -0.2) is 50.2 Å². The average molecular weight is 255 g/mol. The second-order valence-electron chi connectivity index (χ2n) is 4.09. The number of nitrogens with two attached hydrogens (primary N) is 1. The summed E-state index contributed by atoms with van der Waals surface area (Å²) in [6, 6.07) is -0.392. The molecule has 7 heteroatoms. The van der Waals surface area contributed by atoms with Gasteiger partial charge in [0.15, 0.2) is 5.82 Å². The molecule has 94 valence electrons. The van der Waals surface area contributed by atoms with Gasteiger partial charge in [0.1, 0.15) is 6.33 Å². The van der Waals surface area contributed by atoms with Crippen LogP contribution in [0.15, 0.2) is 6.33 Å². The third kappa shape index (κ3) is 2.78. The molecule has 0 spiro atoms. The van der Waals surface area contributed by atoms with Crippen LogP contribution >= 0.6 is 11.8 Å². The summed E-state index contributed by atoms with van der Waals surface area (Å²) in [6.45, 7) is 1.96. The molecule has 2 heterocycles. The number of fused-ring (bicyclic) bond motifs is 1. The van der Waals surface area contributed by atoms with Gasteiger partial charge < -0.3 is 15.2 Å². The topological polar surface area (TPSA) is 77.0 Å². The summed E-state index contributed by atoms with van der Waals surface area (Å²) >= 11 is 1.71. The highest BCUT2D eigenvalue weighted by Gasteiger charge is 2.25. The zero-order valence-corrected chi connectivity index (χ0v) is 10.7. The van der Waals surface area contributed by atoms with Gasteiger partial charge in [-0.1, -0.05) is 0 Å². The van der Waals surface area contributed by atoms with Crippen LogP contribution in [0.4, 0.5) is 0 Å². The summed E-state index contributed by atoms with van der Waals surface area (Å²) in [7, 11) is 0. The van der Waals surface area contributed by atoms with E-state index in [1.165, 1.54) is 0 Å².